The lowest BCUT2D eigenvalue weighted by Gasteiger charge is -2.28. The first kappa shape index (κ1) is 20.4. The molecule has 0 aliphatic carbocycles. The van der Waals surface area contributed by atoms with Crippen molar-refractivity contribution in [2.45, 2.75) is 78.4 Å². The molecule has 0 N–H and O–H groups in total. The number of hydrogen-bond donors (Lipinski definition) is 0. The molecule has 4 heteroatoms. The van der Waals surface area contributed by atoms with Crippen molar-refractivity contribution < 1.29 is 0 Å². The molecule has 0 radical (unpaired) electrons. The van der Waals surface area contributed by atoms with Gasteiger partial charge in [0.1, 0.15) is 8.96 Å². The van der Waals surface area contributed by atoms with Gasteiger partial charge >= 0.3 is 0 Å². The Bertz CT molecular complexity index is 191. The molecule has 2 nitrogen and oxygen atoms in total. The predicted molar refractivity (Wildman–Crippen MR) is 100 cm³/mol. The Kier molecular flexibility index (Phi) is 14.6. The maximum absolute atomic E-state index is 2.83. The van der Waals surface area contributed by atoms with Gasteiger partial charge < -0.3 is 9.13 Å². The lowest BCUT2D eigenvalue weighted by atomic mass is 10.4. The molecule has 0 rings (SSSR count). The first-order chi connectivity index (χ1) is 9.69. The zero-order valence-corrected chi connectivity index (χ0v) is 17.5. The molecule has 0 aromatic carbocycles. The quantitative estimate of drug-likeness (QED) is 0.358. The van der Waals surface area contributed by atoms with Gasteiger partial charge in [-0.3, -0.25) is 0 Å². The second kappa shape index (κ2) is 14.3. The maximum Gasteiger partial charge on any atom is 0.108 e. The van der Waals surface area contributed by atoms with Crippen LogP contribution in [0, 0.1) is 0 Å². The second-order valence-corrected chi connectivity index (χ2v) is 11.3. The Hall–Kier alpha value is 0.354. The van der Waals surface area contributed by atoms with Gasteiger partial charge in [-0.25, -0.2) is 0 Å². The Morgan fingerprint density at radius 2 is 1.30 bits per heavy atom. The van der Waals surface area contributed by atoms with Crippen LogP contribution in [-0.2, 0) is 0 Å². The summed E-state index contributed by atoms with van der Waals surface area (Å²) in [5.74, 6) is 0. The summed E-state index contributed by atoms with van der Waals surface area (Å²) in [6, 6.07) is 3.09. The van der Waals surface area contributed by atoms with Crippen LogP contribution < -0.4 is 0 Å². The first-order valence-corrected chi connectivity index (χ1v) is 13.3. The summed E-state index contributed by atoms with van der Waals surface area (Å²) in [5.41, 5.74) is 0. The van der Waals surface area contributed by atoms with E-state index >= 15 is 0 Å². The fraction of sp³-hybridized carbons (Fsp3) is 1.00. The van der Waals surface area contributed by atoms with E-state index in [-0.39, 0.29) is 9.68 Å². The SMILES string of the molecule is CCCN(CCC)[SiH2]CCC[SiH](C)N(CCC)CCC. The van der Waals surface area contributed by atoms with Crippen LogP contribution in [0.5, 0.6) is 0 Å². The smallest absolute Gasteiger partial charge is 0.108 e. The highest BCUT2D eigenvalue weighted by Gasteiger charge is 2.13. The van der Waals surface area contributed by atoms with Crippen molar-refractivity contribution >= 4 is 18.6 Å². The van der Waals surface area contributed by atoms with E-state index in [1.165, 1.54) is 58.3 Å². The van der Waals surface area contributed by atoms with Gasteiger partial charge in [-0.15, -0.1) is 0 Å². The fourth-order valence-electron chi connectivity index (χ4n) is 3.05. The third kappa shape index (κ3) is 10.1. The van der Waals surface area contributed by atoms with Crippen LogP contribution in [0.15, 0.2) is 0 Å². The molecule has 122 valence electrons. The summed E-state index contributed by atoms with van der Waals surface area (Å²) in [6.45, 7) is 17.2. The van der Waals surface area contributed by atoms with Crippen molar-refractivity contribution in [2.24, 2.45) is 0 Å². The van der Waals surface area contributed by atoms with Crippen molar-refractivity contribution in [3.05, 3.63) is 0 Å². The minimum absolute atomic E-state index is 0.0498. The van der Waals surface area contributed by atoms with Gasteiger partial charge in [0.05, 0.1) is 9.68 Å². The average molecular weight is 317 g/mol. The lowest BCUT2D eigenvalue weighted by Crippen LogP contribution is -2.38. The number of nitrogens with zero attached hydrogens (tertiary/aromatic N) is 2. The monoisotopic (exact) mass is 316 g/mol. The summed E-state index contributed by atoms with van der Waals surface area (Å²) >= 11 is 0. The largest absolute Gasteiger partial charge is 0.329 e. The molecule has 0 fully saturated rings. The summed E-state index contributed by atoms with van der Waals surface area (Å²) in [7, 11) is -0.561. The zero-order valence-electron chi connectivity index (χ0n) is 15.0. The molecule has 0 amide bonds. The van der Waals surface area contributed by atoms with Crippen molar-refractivity contribution in [1.82, 2.24) is 9.13 Å². The zero-order chi connectivity index (χ0) is 15.2. The van der Waals surface area contributed by atoms with Gasteiger partial charge in [0.25, 0.3) is 0 Å². The number of rotatable bonds is 14. The molecule has 0 saturated carbocycles. The minimum Gasteiger partial charge on any atom is -0.329 e. The van der Waals surface area contributed by atoms with E-state index in [1.54, 1.807) is 12.1 Å². The molecule has 0 bridgehead atoms. The van der Waals surface area contributed by atoms with E-state index in [0.717, 1.165) is 0 Å². The van der Waals surface area contributed by atoms with Crippen LogP contribution in [0.4, 0.5) is 0 Å². The normalized spacial score (nSPS) is 13.9. The third-order valence-corrected chi connectivity index (χ3v) is 9.16. The second-order valence-electron chi connectivity index (χ2n) is 6.22. The highest BCUT2D eigenvalue weighted by Crippen LogP contribution is 2.09. The molecule has 0 heterocycles. The molecule has 0 saturated heterocycles. The molecule has 0 spiro atoms. The topological polar surface area (TPSA) is 6.48 Å². The summed E-state index contributed by atoms with van der Waals surface area (Å²) < 4.78 is 5.62. The summed E-state index contributed by atoms with van der Waals surface area (Å²) in [5, 5.41) is 0. The van der Waals surface area contributed by atoms with Gasteiger partial charge in [0.2, 0.25) is 0 Å². The molecule has 0 aromatic rings. The molecular formula is C16H40N2Si2. The lowest BCUT2D eigenvalue weighted by molar-refractivity contribution is 0.427. The Labute approximate surface area is 132 Å². The van der Waals surface area contributed by atoms with E-state index in [2.05, 4.69) is 43.4 Å². The highest BCUT2D eigenvalue weighted by atomic mass is 28.3. The fourth-order valence-corrected chi connectivity index (χ4v) is 8.31. The highest BCUT2D eigenvalue weighted by molar-refractivity contribution is 6.54. The third-order valence-electron chi connectivity index (χ3n) is 4.07. The van der Waals surface area contributed by atoms with Crippen LogP contribution in [0.3, 0.4) is 0 Å². The molecular weight excluding hydrogens is 276 g/mol. The first-order valence-electron chi connectivity index (χ1n) is 9.15. The van der Waals surface area contributed by atoms with E-state index < -0.39 is 8.96 Å². The van der Waals surface area contributed by atoms with E-state index in [4.69, 9.17) is 0 Å². The van der Waals surface area contributed by atoms with Crippen LogP contribution in [0.2, 0.25) is 18.6 Å². The molecule has 0 aromatic heterocycles. The summed E-state index contributed by atoms with van der Waals surface area (Å²) in [4.78, 5) is 0. The molecule has 20 heavy (non-hydrogen) atoms. The van der Waals surface area contributed by atoms with Gasteiger partial charge in [-0.1, -0.05) is 46.7 Å². The molecule has 0 aliphatic heterocycles. The Balaban J connectivity index is 3.84. The van der Waals surface area contributed by atoms with Crippen LogP contribution in [0.25, 0.3) is 0 Å². The Morgan fingerprint density at radius 3 is 1.75 bits per heavy atom. The average Bonchev–Trinajstić information content (AvgIpc) is 2.43. The molecule has 1 atom stereocenters. The van der Waals surface area contributed by atoms with Gasteiger partial charge in [0, 0.05) is 0 Å². The van der Waals surface area contributed by atoms with Crippen molar-refractivity contribution in [3.63, 3.8) is 0 Å². The van der Waals surface area contributed by atoms with Crippen LogP contribution >= 0.6 is 0 Å². The van der Waals surface area contributed by atoms with Crippen molar-refractivity contribution in [1.29, 1.82) is 0 Å². The Morgan fingerprint density at radius 1 is 0.800 bits per heavy atom. The standard InChI is InChI=1S/C16H40N2Si2/c1-6-11-17(12-7-2)19-15-10-16-20(5)18(13-8-3)14-9-4/h20H,6-16,19H2,1-5H3. The number of hydrogen-bond acceptors (Lipinski definition) is 2. The van der Waals surface area contributed by atoms with Gasteiger partial charge in [-0.05, 0) is 57.9 Å². The van der Waals surface area contributed by atoms with Gasteiger partial charge in [-0.2, -0.15) is 0 Å². The van der Waals surface area contributed by atoms with Crippen LogP contribution in [-0.4, -0.2) is 53.9 Å². The maximum atomic E-state index is 2.83. The van der Waals surface area contributed by atoms with E-state index in [0.29, 0.717) is 0 Å². The van der Waals surface area contributed by atoms with E-state index in [9.17, 15) is 0 Å². The molecule has 0 aliphatic rings. The van der Waals surface area contributed by atoms with Gasteiger partial charge in [0.15, 0.2) is 0 Å². The predicted octanol–water partition coefficient (Wildman–Crippen LogP) is 3.48. The van der Waals surface area contributed by atoms with Crippen molar-refractivity contribution in [2.75, 3.05) is 26.2 Å². The molecule has 1 unspecified atom stereocenters. The van der Waals surface area contributed by atoms with E-state index in [1.807, 2.05) is 0 Å². The summed E-state index contributed by atoms with van der Waals surface area (Å²) in [6.07, 6.45) is 6.82. The van der Waals surface area contributed by atoms with Crippen molar-refractivity contribution in [3.8, 4) is 0 Å². The van der Waals surface area contributed by atoms with Crippen LogP contribution in [0.1, 0.15) is 59.8 Å². The minimum atomic E-state index is -0.611.